The first-order chi connectivity index (χ1) is 28.6. The third-order valence-corrected chi connectivity index (χ3v) is 11.4. The van der Waals surface area contributed by atoms with Crippen LogP contribution >= 0.6 is 0 Å². The first-order valence-electron chi connectivity index (χ1n) is 24.9. The second kappa shape index (κ2) is 42.5. The highest BCUT2D eigenvalue weighted by molar-refractivity contribution is 5.70. The van der Waals surface area contributed by atoms with E-state index in [0.717, 1.165) is 57.8 Å². The molecule has 59 heavy (non-hydrogen) atoms. The van der Waals surface area contributed by atoms with Gasteiger partial charge in [-0.3, -0.25) is 9.59 Å². The zero-order chi connectivity index (χ0) is 43.5. The molecule has 2 atom stereocenters. The number of ether oxygens (including phenoxy) is 3. The first-order valence-corrected chi connectivity index (χ1v) is 24.9. The van der Waals surface area contributed by atoms with Crippen LogP contribution in [0.1, 0.15) is 232 Å². The summed E-state index contributed by atoms with van der Waals surface area (Å²) in [5, 5.41) is 11.6. The van der Waals surface area contributed by atoms with Crippen LogP contribution in [0.4, 0.5) is 0 Å². The van der Waals surface area contributed by atoms with Crippen molar-refractivity contribution < 1.29 is 38.2 Å². The van der Waals surface area contributed by atoms with E-state index in [1.165, 1.54) is 141 Å². The van der Waals surface area contributed by atoms with E-state index in [1.54, 1.807) is 21.1 Å². The second-order valence-electron chi connectivity index (χ2n) is 18.1. The Morgan fingerprint density at radius 3 is 1.31 bits per heavy atom. The summed E-state index contributed by atoms with van der Waals surface area (Å²) in [4.78, 5) is 37.0. The van der Waals surface area contributed by atoms with Crippen molar-refractivity contribution in [2.75, 3.05) is 41.0 Å². The number of likely N-dealkylation sites (N-methyl/N-ethyl adjacent to an activating group) is 1. The van der Waals surface area contributed by atoms with Crippen molar-refractivity contribution in [3.05, 3.63) is 24.3 Å². The van der Waals surface area contributed by atoms with Crippen LogP contribution in [0.5, 0.6) is 0 Å². The molecule has 8 nitrogen and oxygen atoms in total. The highest BCUT2D eigenvalue weighted by atomic mass is 16.6. The van der Waals surface area contributed by atoms with E-state index in [1.807, 2.05) is 0 Å². The van der Waals surface area contributed by atoms with Gasteiger partial charge in [-0.15, -0.1) is 0 Å². The van der Waals surface area contributed by atoms with Gasteiger partial charge in [-0.25, -0.2) is 0 Å². The molecule has 0 aromatic rings. The molecule has 2 unspecified atom stereocenters. The van der Waals surface area contributed by atoms with E-state index in [-0.39, 0.29) is 42.7 Å². The van der Waals surface area contributed by atoms with Crippen molar-refractivity contribution in [2.24, 2.45) is 0 Å². The van der Waals surface area contributed by atoms with Crippen LogP contribution in [0, 0.1) is 0 Å². The molecule has 0 saturated heterocycles. The molecule has 0 saturated carbocycles. The molecule has 0 aromatic heterocycles. The van der Waals surface area contributed by atoms with Crippen molar-refractivity contribution >= 4 is 17.9 Å². The summed E-state index contributed by atoms with van der Waals surface area (Å²) in [6.07, 6.45) is 47.7. The number of aliphatic carboxylic acids is 1. The number of hydrogen-bond donors (Lipinski definition) is 0. The van der Waals surface area contributed by atoms with Gasteiger partial charge in [0.25, 0.3) is 0 Å². The molecule has 0 heterocycles. The van der Waals surface area contributed by atoms with E-state index in [9.17, 15) is 19.5 Å². The molecule has 0 aliphatic rings. The third-order valence-electron chi connectivity index (χ3n) is 11.4. The number of quaternary nitrogens is 1. The Labute approximate surface area is 364 Å². The molecule has 0 N–H and O–H groups in total. The van der Waals surface area contributed by atoms with Crippen LogP contribution in [0.2, 0.25) is 0 Å². The number of rotatable bonds is 45. The van der Waals surface area contributed by atoms with Gasteiger partial charge in [-0.05, 0) is 38.5 Å². The Morgan fingerprint density at radius 2 is 0.881 bits per heavy atom. The van der Waals surface area contributed by atoms with Gasteiger partial charge in [0.2, 0.25) is 0 Å². The zero-order valence-electron chi connectivity index (χ0n) is 39.4. The normalized spacial score (nSPS) is 13.0. The van der Waals surface area contributed by atoms with E-state index >= 15 is 0 Å². The maximum absolute atomic E-state index is 12.7. The summed E-state index contributed by atoms with van der Waals surface area (Å²) < 4.78 is 17.2. The predicted molar refractivity (Wildman–Crippen MR) is 245 cm³/mol. The summed E-state index contributed by atoms with van der Waals surface area (Å²) >= 11 is 0. The summed E-state index contributed by atoms with van der Waals surface area (Å²) in [6, 6.07) is -0.725. The number of carbonyl (C=O) groups is 3. The lowest BCUT2D eigenvalue weighted by Crippen LogP contribution is -2.55. The molecule has 0 aromatic carbocycles. The van der Waals surface area contributed by atoms with Crippen LogP contribution in [0.3, 0.4) is 0 Å². The van der Waals surface area contributed by atoms with Crippen molar-refractivity contribution in [1.29, 1.82) is 0 Å². The number of unbranched alkanes of at least 4 members (excludes halogenated alkanes) is 28. The van der Waals surface area contributed by atoms with Gasteiger partial charge in [-0.1, -0.05) is 199 Å². The van der Waals surface area contributed by atoms with Crippen molar-refractivity contribution in [2.45, 2.75) is 244 Å². The molecule has 0 radical (unpaired) electrons. The van der Waals surface area contributed by atoms with Crippen molar-refractivity contribution in [3.63, 3.8) is 0 Å². The molecule has 0 amide bonds. The SMILES string of the molecule is CCCCC/C=C/C=C/CCCCCCCCC(=O)OC(COCCC(C(=O)[O-])[N+](C)(C)C)COC(=O)CCCCCCCCCCCCCCCCCCCCCC. The van der Waals surface area contributed by atoms with Crippen molar-refractivity contribution in [3.8, 4) is 0 Å². The highest BCUT2D eigenvalue weighted by Gasteiger charge is 2.25. The maximum atomic E-state index is 12.7. The smallest absolute Gasteiger partial charge is 0.306 e. The number of carboxylic acids is 1. The van der Waals surface area contributed by atoms with Crippen LogP contribution in [0.15, 0.2) is 24.3 Å². The lowest BCUT2D eigenvalue weighted by molar-refractivity contribution is -0.889. The molecule has 8 heteroatoms. The topological polar surface area (TPSA) is 102 Å². The largest absolute Gasteiger partial charge is 0.544 e. The van der Waals surface area contributed by atoms with Crippen molar-refractivity contribution in [1.82, 2.24) is 0 Å². The van der Waals surface area contributed by atoms with Gasteiger partial charge in [0, 0.05) is 19.3 Å². The Bertz CT molecular complexity index is 1020. The fraction of sp³-hybridized carbons (Fsp3) is 0.863. The van der Waals surface area contributed by atoms with E-state index in [0.29, 0.717) is 12.8 Å². The molecule has 0 bridgehead atoms. The molecule has 0 spiro atoms. The fourth-order valence-corrected chi connectivity index (χ4v) is 7.48. The number of hydrogen-bond acceptors (Lipinski definition) is 7. The standard InChI is InChI=1S/C51H95NO7/c1-6-8-10-12-14-16-18-20-22-23-24-25-26-28-29-31-33-35-37-39-41-49(53)58-46-47(45-57-44-43-48(51(55)56)52(3,4)5)59-50(54)42-40-38-36-34-32-30-27-21-19-17-15-13-11-9-7-2/h15,17,19,21,47-48H,6-14,16,18,20,22-46H2,1-5H3/b17-15+,21-19+. The van der Waals surface area contributed by atoms with Crippen LogP contribution in [0.25, 0.3) is 0 Å². The molecule has 0 fully saturated rings. The predicted octanol–water partition coefficient (Wildman–Crippen LogP) is 12.7. The van der Waals surface area contributed by atoms with Gasteiger partial charge < -0.3 is 28.6 Å². The van der Waals surface area contributed by atoms with Gasteiger partial charge in [0.1, 0.15) is 12.6 Å². The van der Waals surface area contributed by atoms with E-state index in [2.05, 4.69) is 38.2 Å². The lowest BCUT2D eigenvalue weighted by Gasteiger charge is -2.34. The average molecular weight is 834 g/mol. The Hall–Kier alpha value is -2.19. The van der Waals surface area contributed by atoms with Gasteiger partial charge >= 0.3 is 11.9 Å². The van der Waals surface area contributed by atoms with Gasteiger partial charge in [-0.2, -0.15) is 0 Å². The van der Waals surface area contributed by atoms with E-state index in [4.69, 9.17) is 14.2 Å². The van der Waals surface area contributed by atoms with Crippen LogP contribution in [-0.2, 0) is 28.6 Å². The number of nitrogens with zero attached hydrogens (tertiary/aromatic N) is 1. The number of allylic oxidation sites excluding steroid dienone is 4. The number of carboxylic acid groups (broad SMARTS) is 1. The highest BCUT2D eigenvalue weighted by Crippen LogP contribution is 2.16. The minimum Gasteiger partial charge on any atom is -0.544 e. The fourth-order valence-electron chi connectivity index (χ4n) is 7.48. The molecule has 0 aliphatic carbocycles. The Kier molecular flexibility index (Phi) is 40.9. The minimum absolute atomic E-state index is 0.0400. The Morgan fingerprint density at radius 1 is 0.508 bits per heavy atom. The number of esters is 2. The molecule has 346 valence electrons. The quantitative estimate of drug-likeness (QED) is 0.0260. The summed E-state index contributed by atoms with van der Waals surface area (Å²) in [6.45, 7) is 4.65. The molecular weight excluding hydrogens is 739 g/mol. The monoisotopic (exact) mass is 834 g/mol. The summed E-state index contributed by atoms with van der Waals surface area (Å²) in [5.74, 6) is -1.73. The second-order valence-corrected chi connectivity index (χ2v) is 18.1. The minimum atomic E-state index is -1.12. The van der Waals surface area contributed by atoms with Crippen LogP contribution in [-0.4, -0.2) is 75.5 Å². The van der Waals surface area contributed by atoms with Gasteiger partial charge in [0.05, 0.1) is 40.3 Å². The summed E-state index contributed by atoms with van der Waals surface area (Å²) in [7, 11) is 5.41. The summed E-state index contributed by atoms with van der Waals surface area (Å²) in [5.41, 5.74) is 0. The lowest BCUT2D eigenvalue weighted by atomic mass is 10.0. The molecule has 0 rings (SSSR count). The number of carbonyl (C=O) groups excluding carboxylic acids is 3. The Balaban J connectivity index is 4.23. The first kappa shape index (κ1) is 56.8. The maximum Gasteiger partial charge on any atom is 0.306 e. The van der Waals surface area contributed by atoms with E-state index < -0.39 is 18.1 Å². The average Bonchev–Trinajstić information content (AvgIpc) is 3.19. The molecule has 0 aliphatic heterocycles. The van der Waals surface area contributed by atoms with Crippen LogP contribution < -0.4 is 5.11 Å². The third kappa shape index (κ3) is 41.0. The van der Waals surface area contributed by atoms with Gasteiger partial charge in [0.15, 0.2) is 6.10 Å². The zero-order valence-corrected chi connectivity index (χ0v) is 39.4. The molecular formula is C51H95NO7.